The number of halogens is 1. The summed E-state index contributed by atoms with van der Waals surface area (Å²) in [6.45, 7) is 6.10. The molecule has 90 valence electrons. The molecule has 0 N–H and O–H groups in total. The minimum atomic E-state index is 0.683. The fourth-order valence-electron chi connectivity index (χ4n) is 1.48. The lowest BCUT2D eigenvalue weighted by atomic mass is 10.3. The molecule has 1 aromatic heterocycles. The van der Waals surface area contributed by atoms with Gasteiger partial charge in [0.15, 0.2) is 0 Å². The monoisotopic (exact) mass is 267 g/mol. The summed E-state index contributed by atoms with van der Waals surface area (Å²) >= 11 is 7.62. The van der Waals surface area contributed by atoms with Gasteiger partial charge in [-0.15, -0.1) is 0 Å². The van der Waals surface area contributed by atoms with Gasteiger partial charge in [-0.2, -0.15) is 0 Å². The molecule has 0 fully saturated rings. The molecule has 0 spiro atoms. The molecule has 3 nitrogen and oxygen atoms in total. The Labute approximate surface area is 110 Å². The quantitative estimate of drug-likeness (QED) is 0.620. The second-order valence-electron chi connectivity index (χ2n) is 3.55. The van der Waals surface area contributed by atoms with Crippen molar-refractivity contribution in [1.82, 2.24) is 9.88 Å². The second-order valence-corrected chi connectivity index (χ2v) is 4.97. The first kappa shape index (κ1) is 12.3. The van der Waals surface area contributed by atoms with E-state index in [1.807, 2.05) is 24.5 Å². The highest BCUT2D eigenvalue weighted by Gasteiger charge is 2.05. The number of nitrogens with zero attached hydrogens (tertiary/aromatic N) is 3. The molecule has 0 aliphatic heterocycles. The number of benzene rings is 1. The molecule has 17 heavy (non-hydrogen) atoms. The average Bonchev–Trinajstić information content (AvgIpc) is 2.75. The van der Waals surface area contributed by atoms with E-state index in [-0.39, 0.29) is 0 Å². The van der Waals surface area contributed by atoms with Crippen LogP contribution in [0.25, 0.3) is 10.2 Å². The zero-order chi connectivity index (χ0) is 12.3. The first-order chi connectivity index (χ1) is 8.24. The van der Waals surface area contributed by atoms with E-state index < -0.39 is 0 Å². The summed E-state index contributed by atoms with van der Waals surface area (Å²) < 4.78 is 1.07. The number of rotatable bonds is 4. The highest BCUT2D eigenvalue weighted by Crippen LogP contribution is 2.31. The van der Waals surface area contributed by atoms with Gasteiger partial charge in [0.2, 0.25) is 5.13 Å². The molecule has 1 aromatic carbocycles. The molecule has 0 amide bonds. The minimum absolute atomic E-state index is 0.683. The molecule has 1 heterocycles. The number of hydrogen-bond acceptors (Lipinski definition) is 3. The van der Waals surface area contributed by atoms with Crippen molar-refractivity contribution in [1.29, 1.82) is 0 Å². The Hall–Kier alpha value is -1.13. The van der Waals surface area contributed by atoms with Gasteiger partial charge in [-0.25, -0.2) is 9.98 Å². The summed E-state index contributed by atoms with van der Waals surface area (Å²) in [5.41, 5.74) is 0.839. The van der Waals surface area contributed by atoms with Crippen LogP contribution in [0.3, 0.4) is 0 Å². The van der Waals surface area contributed by atoms with Crippen LogP contribution >= 0.6 is 22.9 Å². The van der Waals surface area contributed by atoms with Crippen molar-refractivity contribution in [2.75, 3.05) is 13.1 Å². The van der Waals surface area contributed by atoms with Gasteiger partial charge in [0.05, 0.1) is 16.1 Å². The molecular weight excluding hydrogens is 254 g/mol. The van der Waals surface area contributed by atoms with E-state index in [0.717, 1.165) is 28.4 Å². The lowest BCUT2D eigenvalue weighted by Gasteiger charge is -2.12. The molecule has 0 saturated carbocycles. The minimum Gasteiger partial charge on any atom is -0.363 e. The van der Waals surface area contributed by atoms with E-state index >= 15 is 0 Å². The van der Waals surface area contributed by atoms with Crippen LogP contribution in [-0.4, -0.2) is 29.3 Å². The van der Waals surface area contributed by atoms with E-state index in [0.29, 0.717) is 5.02 Å². The summed E-state index contributed by atoms with van der Waals surface area (Å²) in [6, 6.07) is 5.79. The summed E-state index contributed by atoms with van der Waals surface area (Å²) in [7, 11) is 0. The number of aromatic nitrogens is 1. The second kappa shape index (κ2) is 5.47. The summed E-state index contributed by atoms with van der Waals surface area (Å²) in [5.74, 6) is 0. The summed E-state index contributed by atoms with van der Waals surface area (Å²) in [4.78, 5) is 10.9. The molecule has 0 radical (unpaired) electrons. The Kier molecular flexibility index (Phi) is 3.97. The summed E-state index contributed by atoms with van der Waals surface area (Å²) in [6.07, 6.45) is 1.84. The number of fused-ring (bicyclic) bond motifs is 1. The van der Waals surface area contributed by atoms with Crippen LogP contribution < -0.4 is 0 Å². The molecule has 0 saturated heterocycles. The molecule has 5 heteroatoms. The standard InChI is InChI=1S/C12H14ClN3S/c1-3-16(4-2)8-14-12-15-11-9(13)6-5-7-10(11)17-12/h5-8H,3-4H2,1-2H3/b14-8+. The Bertz CT molecular complexity index is 532. The van der Waals surface area contributed by atoms with Gasteiger partial charge >= 0.3 is 0 Å². The fraction of sp³-hybridized carbons (Fsp3) is 0.333. The van der Waals surface area contributed by atoms with Crippen LogP contribution in [0.15, 0.2) is 23.2 Å². The maximum atomic E-state index is 6.07. The first-order valence-corrected chi connectivity index (χ1v) is 6.77. The highest BCUT2D eigenvalue weighted by molar-refractivity contribution is 7.22. The molecule has 0 aliphatic carbocycles. The topological polar surface area (TPSA) is 28.5 Å². The Balaban J connectivity index is 2.28. The van der Waals surface area contributed by atoms with E-state index in [1.165, 1.54) is 0 Å². The van der Waals surface area contributed by atoms with Crippen molar-refractivity contribution < 1.29 is 0 Å². The van der Waals surface area contributed by atoms with Gasteiger partial charge in [0, 0.05) is 13.1 Å². The molecular formula is C12H14ClN3S. The lowest BCUT2D eigenvalue weighted by Crippen LogP contribution is -2.20. The Morgan fingerprint density at radius 3 is 2.82 bits per heavy atom. The Morgan fingerprint density at radius 2 is 2.18 bits per heavy atom. The largest absolute Gasteiger partial charge is 0.363 e. The SMILES string of the molecule is CCN(/C=N/c1nc2c(Cl)cccc2s1)CC. The van der Waals surface area contributed by atoms with Gasteiger partial charge in [0.25, 0.3) is 0 Å². The number of aliphatic imine (C=N–C) groups is 1. The zero-order valence-corrected chi connectivity index (χ0v) is 11.4. The molecule has 0 atom stereocenters. The predicted octanol–water partition coefficient (Wildman–Crippen LogP) is 3.95. The van der Waals surface area contributed by atoms with Crippen LogP contribution in [0.1, 0.15) is 13.8 Å². The van der Waals surface area contributed by atoms with Gasteiger partial charge in [-0.3, -0.25) is 0 Å². The van der Waals surface area contributed by atoms with E-state index in [1.54, 1.807) is 11.3 Å². The Morgan fingerprint density at radius 1 is 1.41 bits per heavy atom. The zero-order valence-electron chi connectivity index (χ0n) is 9.85. The molecule has 0 aliphatic rings. The van der Waals surface area contributed by atoms with Crippen LogP contribution in [0.2, 0.25) is 5.02 Å². The lowest BCUT2D eigenvalue weighted by molar-refractivity contribution is 0.480. The van der Waals surface area contributed by atoms with E-state index in [9.17, 15) is 0 Å². The highest BCUT2D eigenvalue weighted by atomic mass is 35.5. The number of para-hydroxylation sites is 1. The van der Waals surface area contributed by atoms with Crippen molar-refractivity contribution in [3.05, 3.63) is 23.2 Å². The van der Waals surface area contributed by atoms with Crippen LogP contribution in [0, 0.1) is 0 Å². The van der Waals surface area contributed by atoms with E-state index in [2.05, 4.69) is 28.7 Å². The van der Waals surface area contributed by atoms with Crippen molar-refractivity contribution in [3.8, 4) is 0 Å². The number of hydrogen-bond donors (Lipinski definition) is 0. The maximum absolute atomic E-state index is 6.07. The third-order valence-corrected chi connectivity index (χ3v) is 3.74. The van der Waals surface area contributed by atoms with Crippen LogP contribution in [0.4, 0.5) is 5.13 Å². The van der Waals surface area contributed by atoms with Gasteiger partial charge in [0.1, 0.15) is 5.52 Å². The van der Waals surface area contributed by atoms with Crippen molar-refractivity contribution in [2.45, 2.75) is 13.8 Å². The fourth-order valence-corrected chi connectivity index (χ4v) is 2.58. The predicted molar refractivity (Wildman–Crippen MR) is 75.7 cm³/mol. The normalized spacial score (nSPS) is 11.5. The smallest absolute Gasteiger partial charge is 0.211 e. The third kappa shape index (κ3) is 2.76. The van der Waals surface area contributed by atoms with Crippen molar-refractivity contribution >= 4 is 44.6 Å². The van der Waals surface area contributed by atoms with Crippen molar-refractivity contribution in [2.24, 2.45) is 4.99 Å². The van der Waals surface area contributed by atoms with Crippen LogP contribution in [0.5, 0.6) is 0 Å². The molecule has 0 bridgehead atoms. The van der Waals surface area contributed by atoms with E-state index in [4.69, 9.17) is 11.6 Å². The maximum Gasteiger partial charge on any atom is 0.211 e. The molecule has 0 unspecified atom stereocenters. The van der Waals surface area contributed by atoms with Gasteiger partial charge in [-0.05, 0) is 26.0 Å². The molecule has 2 rings (SSSR count). The van der Waals surface area contributed by atoms with Crippen molar-refractivity contribution in [3.63, 3.8) is 0 Å². The van der Waals surface area contributed by atoms with Gasteiger partial charge < -0.3 is 4.90 Å². The van der Waals surface area contributed by atoms with Gasteiger partial charge in [-0.1, -0.05) is 29.0 Å². The number of thiazole rings is 1. The average molecular weight is 268 g/mol. The van der Waals surface area contributed by atoms with Crippen LogP contribution in [-0.2, 0) is 0 Å². The third-order valence-electron chi connectivity index (χ3n) is 2.50. The molecule has 2 aromatic rings. The first-order valence-electron chi connectivity index (χ1n) is 5.58. The summed E-state index contributed by atoms with van der Waals surface area (Å²) in [5, 5.41) is 1.43.